The lowest BCUT2D eigenvalue weighted by Crippen LogP contribution is -2.18. The summed E-state index contributed by atoms with van der Waals surface area (Å²) < 4.78 is 22.8. The van der Waals surface area contributed by atoms with E-state index in [1.54, 1.807) is 13.0 Å². The van der Waals surface area contributed by atoms with E-state index in [-0.39, 0.29) is 18.1 Å². The van der Waals surface area contributed by atoms with Crippen LogP contribution in [0.25, 0.3) is 0 Å². The first-order chi connectivity index (χ1) is 9.39. The summed E-state index contributed by atoms with van der Waals surface area (Å²) in [6.45, 7) is 4.66. The second-order valence-electron chi connectivity index (χ2n) is 4.24. The average Bonchev–Trinajstić information content (AvgIpc) is 2.40. The maximum absolute atomic E-state index is 11.4. The molecule has 1 aromatic heterocycles. The summed E-state index contributed by atoms with van der Waals surface area (Å²) in [4.78, 5) is 4.27. The maximum Gasteiger partial charge on any atom is 0.151 e. The van der Waals surface area contributed by atoms with Crippen LogP contribution in [-0.2, 0) is 9.84 Å². The largest absolute Gasteiger partial charge is 0.369 e. The van der Waals surface area contributed by atoms with Gasteiger partial charge in [0.1, 0.15) is 11.6 Å². The van der Waals surface area contributed by atoms with Gasteiger partial charge >= 0.3 is 0 Å². The molecule has 0 radical (unpaired) electrons. The Labute approximate surface area is 130 Å². The van der Waals surface area contributed by atoms with Gasteiger partial charge in [-0.15, -0.1) is 0 Å². The molecular formula is C12H19Cl2N3O2S. The Kier molecular flexibility index (Phi) is 6.85. The second-order valence-corrected chi connectivity index (χ2v) is 7.53. The monoisotopic (exact) mass is 339 g/mol. The molecule has 0 aliphatic carbocycles. The number of hydrogen-bond acceptors (Lipinski definition) is 5. The first kappa shape index (κ1) is 17.3. The standard InChI is InChI=1S/C12H19Cl2N3O2S/c1-3-5-15-11-9(13)8-10(14)12(17-11)16-6-7-20(18,19)4-2/h8H,3-7H2,1-2H3,(H2,15,16,17). The van der Waals surface area contributed by atoms with E-state index >= 15 is 0 Å². The highest BCUT2D eigenvalue weighted by molar-refractivity contribution is 7.91. The highest BCUT2D eigenvalue weighted by Crippen LogP contribution is 2.29. The van der Waals surface area contributed by atoms with Gasteiger partial charge in [-0.3, -0.25) is 0 Å². The first-order valence-electron chi connectivity index (χ1n) is 6.43. The molecule has 0 saturated heterocycles. The van der Waals surface area contributed by atoms with Crippen LogP contribution in [0.5, 0.6) is 0 Å². The zero-order valence-electron chi connectivity index (χ0n) is 11.5. The fourth-order valence-corrected chi connectivity index (χ4v) is 2.62. The summed E-state index contributed by atoms with van der Waals surface area (Å²) in [5, 5.41) is 6.82. The molecule has 0 atom stereocenters. The summed E-state index contributed by atoms with van der Waals surface area (Å²) in [5.74, 6) is 1.14. The van der Waals surface area contributed by atoms with Crippen molar-refractivity contribution in [3.05, 3.63) is 16.1 Å². The van der Waals surface area contributed by atoms with Crippen molar-refractivity contribution in [1.82, 2.24) is 4.98 Å². The Morgan fingerprint density at radius 2 is 1.65 bits per heavy atom. The third-order valence-electron chi connectivity index (χ3n) is 2.62. The minimum absolute atomic E-state index is 0.0435. The summed E-state index contributed by atoms with van der Waals surface area (Å²) in [6.07, 6.45) is 0.943. The molecule has 1 aromatic rings. The molecule has 2 N–H and O–H groups in total. The fourth-order valence-electron chi connectivity index (χ4n) is 1.43. The fraction of sp³-hybridized carbons (Fsp3) is 0.583. The number of pyridine rings is 1. The van der Waals surface area contributed by atoms with Crippen molar-refractivity contribution in [2.75, 3.05) is 35.2 Å². The van der Waals surface area contributed by atoms with Gasteiger partial charge in [0.15, 0.2) is 9.84 Å². The number of anilines is 2. The summed E-state index contributed by atoms with van der Waals surface area (Å²) >= 11 is 12.1. The third-order valence-corrected chi connectivity index (χ3v) is 4.90. The van der Waals surface area contributed by atoms with Crippen LogP contribution in [0.3, 0.4) is 0 Å². The lowest BCUT2D eigenvalue weighted by molar-refractivity contribution is 0.597. The number of nitrogens with zero attached hydrogens (tertiary/aromatic N) is 1. The quantitative estimate of drug-likeness (QED) is 0.761. The Hall–Kier alpha value is -0.720. The predicted molar refractivity (Wildman–Crippen MR) is 85.9 cm³/mol. The molecule has 0 saturated carbocycles. The molecule has 0 aliphatic heterocycles. The summed E-state index contributed by atoms with van der Waals surface area (Å²) in [7, 11) is -3.01. The highest BCUT2D eigenvalue weighted by Gasteiger charge is 2.11. The van der Waals surface area contributed by atoms with Crippen LogP contribution >= 0.6 is 23.2 Å². The zero-order chi connectivity index (χ0) is 15.2. The molecule has 1 rings (SSSR count). The van der Waals surface area contributed by atoms with Gasteiger partial charge in [-0.25, -0.2) is 13.4 Å². The maximum atomic E-state index is 11.4. The van der Waals surface area contributed by atoms with Crippen molar-refractivity contribution < 1.29 is 8.42 Å². The molecule has 0 unspecified atom stereocenters. The van der Waals surface area contributed by atoms with Gasteiger partial charge in [-0.1, -0.05) is 37.0 Å². The molecule has 0 aliphatic rings. The van der Waals surface area contributed by atoms with Crippen LogP contribution in [0.2, 0.25) is 10.0 Å². The molecule has 0 bridgehead atoms. The van der Waals surface area contributed by atoms with Gasteiger partial charge in [0.2, 0.25) is 0 Å². The number of rotatable bonds is 8. The molecule has 0 fully saturated rings. The molecule has 0 spiro atoms. The summed E-state index contributed by atoms with van der Waals surface area (Å²) in [5.41, 5.74) is 0. The second kappa shape index (κ2) is 7.90. The topological polar surface area (TPSA) is 71.1 Å². The number of nitrogens with one attached hydrogen (secondary N) is 2. The van der Waals surface area contributed by atoms with E-state index in [4.69, 9.17) is 23.2 Å². The van der Waals surface area contributed by atoms with E-state index in [0.29, 0.717) is 21.7 Å². The highest BCUT2D eigenvalue weighted by atomic mass is 35.5. The number of hydrogen-bond donors (Lipinski definition) is 2. The zero-order valence-corrected chi connectivity index (χ0v) is 13.9. The van der Waals surface area contributed by atoms with E-state index in [0.717, 1.165) is 13.0 Å². The average molecular weight is 340 g/mol. The minimum Gasteiger partial charge on any atom is -0.369 e. The van der Waals surface area contributed by atoms with Gasteiger partial charge in [0.25, 0.3) is 0 Å². The molecule has 8 heteroatoms. The van der Waals surface area contributed by atoms with Crippen molar-refractivity contribution in [2.24, 2.45) is 0 Å². The molecule has 0 aromatic carbocycles. The minimum atomic E-state index is -3.01. The number of sulfone groups is 1. The SMILES string of the molecule is CCCNc1nc(NCCS(=O)(=O)CC)c(Cl)cc1Cl. The van der Waals surface area contributed by atoms with Gasteiger partial charge in [0.05, 0.1) is 15.8 Å². The molecule has 0 amide bonds. The van der Waals surface area contributed by atoms with E-state index in [9.17, 15) is 8.42 Å². The van der Waals surface area contributed by atoms with Crippen molar-refractivity contribution in [3.63, 3.8) is 0 Å². The van der Waals surface area contributed by atoms with Crippen LogP contribution < -0.4 is 10.6 Å². The van der Waals surface area contributed by atoms with Crippen molar-refractivity contribution in [1.29, 1.82) is 0 Å². The van der Waals surface area contributed by atoms with Crippen LogP contribution in [0, 0.1) is 0 Å². The van der Waals surface area contributed by atoms with Gasteiger partial charge in [-0.2, -0.15) is 0 Å². The third kappa shape index (κ3) is 5.34. The van der Waals surface area contributed by atoms with Gasteiger partial charge < -0.3 is 10.6 Å². The van der Waals surface area contributed by atoms with Crippen LogP contribution in [0.4, 0.5) is 11.6 Å². The predicted octanol–water partition coefficient (Wildman–Crippen LogP) is 3.06. The van der Waals surface area contributed by atoms with Crippen LogP contribution in [-0.4, -0.2) is 38.0 Å². The Bertz CT molecular complexity index is 550. The number of aromatic nitrogens is 1. The normalized spacial score (nSPS) is 11.4. The Morgan fingerprint density at radius 1 is 1.10 bits per heavy atom. The van der Waals surface area contributed by atoms with Crippen molar-refractivity contribution in [2.45, 2.75) is 20.3 Å². The van der Waals surface area contributed by atoms with E-state index in [1.165, 1.54) is 0 Å². The molecule has 1 heterocycles. The Morgan fingerprint density at radius 3 is 2.15 bits per heavy atom. The molecule has 114 valence electrons. The molecule has 20 heavy (non-hydrogen) atoms. The van der Waals surface area contributed by atoms with Crippen LogP contribution in [0.1, 0.15) is 20.3 Å². The summed E-state index contributed by atoms with van der Waals surface area (Å²) in [6, 6.07) is 1.59. The van der Waals surface area contributed by atoms with Crippen molar-refractivity contribution in [3.8, 4) is 0 Å². The van der Waals surface area contributed by atoms with Gasteiger partial charge in [0, 0.05) is 18.8 Å². The van der Waals surface area contributed by atoms with Crippen LogP contribution in [0.15, 0.2) is 6.07 Å². The number of halogens is 2. The van der Waals surface area contributed by atoms with Gasteiger partial charge in [-0.05, 0) is 12.5 Å². The lowest BCUT2D eigenvalue weighted by atomic mass is 10.4. The van der Waals surface area contributed by atoms with E-state index < -0.39 is 9.84 Å². The lowest BCUT2D eigenvalue weighted by Gasteiger charge is -2.12. The van der Waals surface area contributed by atoms with Crippen molar-refractivity contribution >= 4 is 44.7 Å². The van der Waals surface area contributed by atoms with E-state index in [1.807, 2.05) is 6.92 Å². The first-order valence-corrected chi connectivity index (χ1v) is 9.01. The molecule has 5 nitrogen and oxygen atoms in total. The smallest absolute Gasteiger partial charge is 0.151 e. The molecular weight excluding hydrogens is 321 g/mol. The van der Waals surface area contributed by atoms with E-state index in [2.05, 4.69) is 15.6 Å². The Balaban J connectivity index is 2.74.